The first-order valence-electron chi connectivity index (χ1n) is 13.2. The van der Waals surface area contributed by atoms with Gasteiger partial charge in [0.1, 0.15) is 18.0 Å². The topological polar surface area (TPSA) is 92.5 Å². The highest BCUT2D eigenvalue weighted by Crippen LogP contribution is 2.34. The maximum absolute atomic E-state index is 15.2. The third kappa shape index (κ3) is 5.92. The van der Waals surface area contributed by atoms with Gasteiger partial charge in [-0.3, -0.25) is 14.6 Å². The van der Waals surface area contributed by atoms with Gasteiger partial charge in [0.15, 0.2) is 34.3 Å². The lowest BCUT2D eigenvalue weighted by atomic mass is 9.97. The molecule has 0 aliphatic heterocycles. The standard InChI is InChI=1S/C32H26F3N3O5/c1-18-29(31(40)22(17-38(18)13-11-33)20-5-7-21(34)8-6-20)25(39)15-19-4-9-26(23(35)14-19)43-27-10-12-36-24-16-28(41-2)32(42-3)37-30(24)27/h4-10,12,14,16-17H,11,13,15H2,1-3H3. The van der Waals surface area contributed by atoms with Gasteiger partial charge in [-0.15, -0.1) is 0 Å². The Hall–Kier alpha value is -5.19. The number of carbonyl (C=O) groups is 1. The number of fused-ring (bicyclic) bond motifs is 1. The van der Waals surface area contributed by atoms with Crippen LogP contribution in [0.25, 0.3) is 22.2 Å². The number of ether oxygens (including phenoxy) is 3. The van der Waals surface area contributed by atoms with Crippen molar-refractivity contribution in [2.45, 2.75) is 19.9 Å². The van der Waals surface area contributed by atoms with Gasteiger partial charge in [-0.25, -0.2) is 18.2 Å². The second-order valence-corrected chi connectivity index (χ2v) is 9.57. The lowest BCUT2D eigenvalue weighted by Gasteiger charge is -2.16. The van der Waals surface area contributed by atoms with Crippen molar-refractivity contribution >= 4 is 16.8 Å². The molecule has 5 aromatic rings. The van der Waals surface area contributed by atoms with E-state index in [1.54, 1.807) is 13.0 Å². The highest BCUT2D eigenvalue weighted by Gasteiger charge is 2.21. The van der Waals surface area contributed by atoms with Crippen molar-refractivity contribution in [2.75, 3.05) is 20.9 Å². The van der Waals surface area contributed by atoms with Crippen LogP contribution in [-0.4, -0.2) is 41.2 Å². The van der Waals surface area contributed by atoms with Gasteiger partial charge in [-0.2, -0.15) is 0 Å². The van der Waals surface area contributed by atoms with Gasteiger partial charge < -0.3 is 18.8 Å². The second-order valence-electron chi connectivity index (χ2n) is 9.57. The molecule has 0 spiro atoms. The first-order chi connectivity index (χ1) is 20.7. The first kappa shape index (κ1) is 29.3. The quantitative estimate of drug-likeness (QED) is 0.178. The molecule has 0 aliphatic rings. The summed E-state index contributed by atoms with van der Waals surface area (Å²) < 4.78 is 59.8. The Balaban J connectivity index is 1.45. The predicted octanol–water partition coefficient (Wildman–Crippen LogP) is 6.25. The molecule has 11 heteroatoms. The van der Waals surface area contributed by atoms with Gasteiger partial charge >= 0.3 is 0 Å². The zero-order chi connectivity index (χ0) is 30.7. The smallest absolute Gasteiger partial charge is 0.257 e. The molecule has 0 saturated carbocycles. The first-order valence-corrected chi connectivity index (χ1v) is 13.2. The number of pyridine rings is 3. The fourth-order valence-corrected chi connectivity index (χ4v) is 4.76. The number of carbonyl (C=O) groups excluding carboxylic acids is 1. The summed E-state index contributed by atoms with van der Waals surface area (Å²) in [5.74, 6) is -1.14. The molecular weight excluding hydrogens is 563 g/mol. The van der Waals surface area contributed by atoms with Crippen LogP contribution >= 0.6 is 0 Å². The number of hydrogen-bond acceptors (Lipinski definition) is 7. The van der Waals surface area contributed by atoms with E-state index in [-0.39, 0.29) is 47.2 Å². The van der Waals surface area contributed by atoms with Crippen molar-refractivity contribution in [3.05, 3.63) is 106 Å². The summed E-state index contributed by atoms with van der Waals surface area (Å²) in [6.07, 6.45) is 2.64. The minimum absolute atomic E-state index is 0.0849. The Labute approximate surface area is 244 Å². The highest BCUT2D eigenvalue weighted by atomic mass is 19.1. The van der Waals surface area contributed by atoms with Crippen LogP contribution in [0.2, 0.25) is 0 Å². The maximum Gasteiger partial charge on any atom is 0.257 e. The number of aromatic nitrogens is 3. The number of ketones is 1. The summed E-state index contributed by atoms with van der Waals surface area (Å²) in [7, 11) is 2.90. The minimum atomic E-state index is -0.748. The summed E-state index contributed by atoms with van der Waals surface area (Å²) in [6, 6.07) is 12.4. The van der Waals surface area contributed by atoms with Crippen molar-refractivity contribution in [1.29, 1.82) is 0 Å². The van der Waals surface area contributed by atoms with Crippen LogP contribution in [0.4, 0.5) is 13.2 Å². The number of hydrogen-bond donors (Lipinski definition) is 0. The average Bonchev–Trinajstić information content (AvgIpc) is 3.00. The van der Waals surface area contributed by atoms with E-state index in [1.165, 1.54) is 73.6 Å². The molecule has 0 fully saturated rings. The third-order valence-electron chi connectivity index (χ3n) is 6.91. The van der Waals surface area contributed by atoms with Crippen LogP contribution in [0.5, 0.6) is 23.1 Å². The van der Waals surface area contributed by atoms with Crippen LogP contribution in [0.15, 0.2) is 71.8 Å². The van der Waals surface area contributed by atoms with E-state index in [9.17, 15) is 18.4 Å². The van der Waals surface area contributed by atoms with Gasteiger partial charge in [0, 0.05) is 42.2 Å². The molecule has 0 bridgehead atoms. The van der Waals surface area contributed by atoms with Crippen molar-refractivity contribution in [1.82, 2.24) is 14.5 Å². The number of Topliss-reactive ketones (excluding diaryl/α,β-unsaturated/α-hetero) is 1. The van der Waals surface area contributed by atoms with Gasteiger partial charge in [0.2, 0.25) is 0 Å². The second kappa shape index (κ2) is 12.4. The summed E-state index contributed by atoms with van der Waals surface area (Å²) in [5.41, 5.74) is 1.13. The van der Waals surface area contributed by atoms with E-state index in [0.717, 1.165) is 6.07 Å². The number of nitrogens with zero attached hydrogens (tertiary/aromatic N) is 3. The predicted molar refractivity (Wildman–Crippen MR) is 154 cm³/mol. The molecule has 5 rings (SSSR count). The van der Waals surface area contributed by atoms with Gasteiger partial charge in [-0.05, 0) is 42.3 Å². The molecule has 220 valence electrons. The number of alkyl halides is 1. The van der Waals surface area contributed by atoms with Crippen molar-refractivity contribution in [2.24, 2.45) is 0 Å². The van der Waals surface area contributed by atoms with Gasteiger partial charge in [-0.1, -0.05) is 18.2 Å². The normalized spacial score (nSPS) is 11.0. The molecule has 43 heavy (non-hydrogen) atoms. The van der Waals surface area contributed by atoms with E-state index in [1.807, 2.05) is 0 Å². The van der Waals surface area contributed by atoms with Crippen LogP contribution in [0.1, 0.15) is 21.6 Å². The largest absolute Gasteiger partial charge is 0.491 e. The zero-order valence-electron chi connectivity index (χ0n) is 23.5. The molecule has 3 aromatic heterocycles. The van der Waals surface area contributed by atoms with Crippen molar-refractivity contribution < 1.29 is 32.2 Å². The summed E-state index contributed by atoms with van der Waals surface area (Å²) in [4.78, 5) is 35.5. The molecule has 0 radical (unpaired) electrons. The van der Waals surface area contributed by atoms with Crippen molar-refractivity contribution in [3.63, 3.8) is 0 Å². The minimum Gasteiger partial charge on any atom is -0.491 e. The monoisotopic (exact) mass is 589 g/mol. The van der Waals surface area contributed by atoms with E-state index >= 15 is 4.39 Å². The van der Waals surface area contributed by atoms with Crippen LogP contribution < -0.4 is 19.6 Å². The molecule has 0 aliphatic carbocycles. The molecule has 8 nitrogen and oxygen atoms in total. The van der Waals surface area contributed by atoms with Gasteiger partial charge in [0.25, 0.3) is 5.88 Å². The van der Waals surface area contributed by atoms with Crippen LogP contribution in [0, 0.1) is 18.6 Å². The number of methoxy groups -OCH3 is 2. The molecule has 0 N–H and O–H groups in total. The summed E-state index contributed by atoms with van der Waals surface area (Å²) in [5, 5.41) is 0. The Morgan fingerprint density at radius 1 is 0.953 bits per heavy atom. The molecule has 0 amide bonds. The van der Waals surface area contributed by atoms with E-state index in [0.29, 0.717) is 27.9 Å². The molecular formula is C32H26F3N3O5. The van der Waals surface area contributed by atoms with Crippen LogP contribution in [-0.2, 0) is 13.0 Å². The van der Waals surface area contributed by atoms with Gasteiger partial charge in [0.05, 0.1) is 31.8 Å². The fraction of sp³-hybridized carbons (Fsp3) is 0.188. The highest BCUT2D eigenvalue weighted by molar-refractivity contribution is 5.99. The lowest BCUT2D eigenvalue weighted by Crippen LogP contribution is -2.25. The number of halogens is 3. The van der Waals surface area contributed by atoms with E-state index < -0.39 is 29.5 Å². The Kier molecular flexibility index (Phi) is 8.42. The molecule has 0 saturated heterocycles. The number of benzene rings is 2. The molecule has 0 atom stereocenters. The van der Waals surface area contributed by atoms with E-state index in [2.05, 4.69) is 9.97 Å². The maximum atomic E-state index is 15.2. The summed E-state index contributed by atoms with van der Waals surface area (Å²) in [6.45, 7) is 0.738. The Morgan fingerprint density at radius 2 is 1.72 bits per heavy atom. The average molecular weight is 590 g/mol. The Morgan fingerprint density at radius 3 is 2.40 bits per heavy atom. The van der Waals surface area contributed by atoms with E-state index in [4.69, 9.17) is 14.2 Å². The number of aryl methyl sites for hydroxylation is 1. The molecule has 3 heterocycles. The summed E-state index contributed by atoms with van der Waals surface area (Å²) >= 11 is 0. The Bertz CT molecular complexity index is 1890. The fourth-order valence-electron chi connectivity index (χ4n) is 4.76. The molecule has 2 aromatic carbocycles. The SMILES string of the molecule is COc1cc2nccc(Oc3ccc(CC(=O)c4c(C)n(CCF)cc(-c5ccc(F)cc5)c4=O)cc3F)c2nc1OC. The number of rotatable bonds is 10. The lowest BCUT2D eigenvalue weighted by molar-refractivity contribution is 0.0990. The third-order valence-corrected chi connectivity index (χ3v) is 6.91. The zero-order valence-corrected chi connectivity index (χ0v) is 23.5. The molecule has 0 unspecified atom stereocenters. The van der Waals surface area contributed by atoms with Crippen LogP contribution in [0.3, 0.4) is 0 Å². The van der Waals surface area contributed by atoms with Crippen molar-refractivity contribution in [3.8, 4) is 34.3 Å².